The molecule has 2 aliphatic heterocycles. The summed E-state index contributed by atoms with van der Waals surface area (Å²) in [6.07, 6.45) is 1.91. The van der Waals surface area contributed by atoms with Crippen molar-refractivity contribution in [2.75, 3.05) is 7.05 Å². The van der Waals surface area contributed by atoms with Crippen LogP contribution in [-0.4, -0.2) is 56.8 Å². The molecule has 2 unspecified atom stereocenters. The van der Waals surface area contributed by atoms with Crippen molar-refractivity contribution in [2.45, 2.75) is 31.6 Å². The lowest BCUT2D eigenvalue weighted by Crippen LogP contribution is -2.52. The van der Waals surface area contributed by atoms with Crippen molar-refractivity contribution in [3.8, 4) is 6.07 Å². The number of hydrogen-bond donors (Lipinski definition) is 0. The molecule has 0 fully saturated rings. The van der Waals surface area contributed by atoms with Crippen molar-refractivity contribution in [1.29, 1.82) is 5.26 Å². The van der Waals surface area contributed by atoms with Gasteiger partial charge in [0.15, 0.2) is 11.8 Å². The quantitative estimate of drug-likeness (QED) is 0.710. The summed E-state index contributed by atoms with van der Waals surface area (Å²) >= 11 is 5.87. The number of fused-ring (bicyclic) bond motifs is 1. The molecule has 0 radical (unpaired) electrons. The fraction of sp³-hybridized carbons (Fsp3) is 0.333. The molecule has 1 aromatic carbocycles. The molecule has 0 N–H and O–H groups in total. The molecule has 1 aromatic heterocycles. The maximum absolute atomic E-state index is 12.8. The van der Waals surface area contributed by atoms with Gasteiger partial charge in [-0.25, -0.2) is 4.79 Å². The van der Waals surface area contributed by atoms with Crippen LogP contribution in [0.3, 0.4) is 0 Å². The van der Waals surface area contributed by atoms with Gasteiger partial charge in [0.05, 0.1) is 12.9 Å². The Bertz CT molecular complexity index is 1100. The Morgan fingerprint density at radius 3 is 2.76 bits per heavy atom. The molecule has 0 spiro atoms. The van der Waals surface area contributed by atoms with Crippen LogP contribution in [0, 0.1) is 11.3 Å². The van der Waals surface area contributed by atoms with Crippen LogP contribution in [0.1, 0.15) is 11.5 Å². The van der Waals surface area contributed by atoms with Gasteiger partial charge in [0.25, 0.3) is 5.91 Å². The second kappa shape index (κ2) is 7.52. The topological polar surface area (TPSA) is 120 Å². The van der Waals surface area contributed by atoms with E-state index in [1.807, 2.05) is 18.2 Å². The van der Waals surface area contributed by atoms with E-state index in [2.05, 4.69) is 15.2 Å². The van der Waals surface area contributed by atoms with E-state index in [-0.39, 0.29) is 24.1 Å². The fourth-order valence-electron chi connectivity index (χ4n) is 3.26. The van der Waals surface area contributed by atoms with E-state index >= 15 is 0 Å². The first-order chi connectivity index (χ1) is 14.0. The van der Waals surface area contributed by atoms with E-state index in [1.165, 1.54) is 20.9 Å². The Balaban J connectivity index is 1.44. The van der Waals surface area contributed by atoms with Crippen LogP contribution >= 0.6 is 11.6 Å². The summed E-state index contributed by atoms with van der Waals surface area (Å²) < 4.78 is 6.40. The van der Waals surface area contributed by atoms with Crippen molar-refractivity contribution in [3.05, 3.63) is 51.3 Å². The molecule has 148 valence electrons. The summed E-state index contributed by atoms with van der Waals surface area (Å²) in [6, 6.07) is 7.98. The number of likely N-dealkylation sites (N-methyl/N-ethyl adjacent to an activating group) is 1. The second-order valence-corrected chi connectivity index (χ2v) is 7.09. The lowest BCUT2D eigenvalue weighted by atomic mass is 10.0. The summed E-state index contributed by atoms with van der Waals surface area (Å²) in [5.41, 5.74) is 1.20. The van der Waals surface area contributed by atoms with Gasteiger partial charge in [-0.1, -0.05) is 23.7 Å². The van der Waals surface area contributed by atoms with Gasteiger partial charge in [0.1, 0.15) is 18.7 Å². The third-order valence-corrected chi connectivity index (χ3v) is 5.00. The first-order valence-electron chi connectivity index (χ1n) is 8.83. The first-order valence-corrected chi connectivity index (χ1v) is 9.20. The zero-order valence-electron chi connectivity index (χ0n) is 15.4. The van der Waals surface area contributed by atoms with Crippen molar-refractivity contribution in [3.63, 3.8) is 0 Å². The summed E-state index contributed by atoms with van der Waals surface area (Å²) in [6.45, 7) is 0.295. The molecule has 2 atom stereocenters. The number of carbonyl (C=O) groups excluding carboxylic acids is 1. The van der Waals surface area contributed by atoms with Crippen LogP contribution < -0.4 is 5.76 Å². The molecule has 2 aromatic rings. The number of aromatic nitrogens is 2. The number of amides is 1. The molecule has 2 aliphatic rings. The molecule has 0 bridgehead atoms. The van der Waals surface area contributed by atoms with E-state index in [0.717, 1.165) is 5.56 Å². The van der Waals surface area contributed by atoms with Crippen LogP contribution in [0.4, 0.5) is 0 Å². The van der Waals surface area contributed by atoms with E-state index in [0.29, 0.717) is 18.0 Å². The number of hydrazone groups is 1. The monoisotopic (exact) mass is 413 g/mol. The highest BCUT2D eigenvalue weighted by molar-refractivity contribution is 6.30. The molecule has 0 saturated heterocycles. The van der Waals surface area contributed by atoms with Crippen LogP contribution in [-0.2, 0) is 24.3 Å². The number of aliphatic imine (C=N–C) groups is 1. The summed E-state index contributed by atoms with van der Waals surface area (Å²) in [7, 11) is 1.62. The zero-order chi connectivity index (χ0) is 20.5. The Morgan fingerprint density at radius 1 is 1.28 bits per heavy atom. The molecular formula is C18H16ClN7O3. The Morgan fingerprint density at radius 2 is 2.03 bits per heavy atom. The normalized spacial score (nSPS) is 20.6. The van der Waals surface area contributed by atoms with Gasteiger partial charge in [0.2, 0.25) is 5.89 Å². The predicted octanol–water partition coefficient (Wildman–Crippen LogP) is 0.665. The molecular weight excluding hydrogens is 398 g/mol. The average Bonchev–Trinajstić information content (AvgIpc) is 3.23. The Kier molecular flexibility index (Phi) is 4.90. The summed E-state index contributed by atoms with van der Waals surface area (Å²) in [5.74, 6) is -0.785. The number of nitrogens with zero attached hydrogens (tertiary/aromatic N) is 7. The predicted molar refractivity (Wildman–Crippen MR) is 103 cm³/mol. The number of aryl methyl sites for hydroxylation is 2. The highest BCUT2D eigenvalue weighted by Crippen LogP contribution is 2.22. The van der Waals surface area contributed by atoms with Crippen LogP contribution in [0.25, 0.3) is 0 Å². The number of hydrogen-bond acceptors (Lipinski definition) is 8. The number of carbonyl (C=O) groups is 1. The van der Waals surface area contributed by atoms with Crippen molar-refractivity contribution in [2.24, 2.45) is 10.1 Å². The van der Waals surface area contributed by atoms with Gasteiger partial charge in [-0.2, -0.15) is 15.0 Å². The second-order valence-electron chi connectivity index (χ2n) is 6.65. The van der Waals surface area contributed by atoms with Crippen LogP contribution in [0.2, 0.25) is 5.02 Å². The van der Waals surface area contributed by atoms with Gasteiger partial charge in [-0.3, -0.25) is 19.7 Å². The first kappa shape index (κ1) is 18.9. The van der Waals surface area contributed by atoms with Crippen molar-refractivity contribution < 1.29 is 9.21 Å². The van der Waals surface area contributed by atoms with E-state index < -0.39 is 17.8 Å². The third kappa shape index (κ3) is 3.64. The van der Waals surface area contributed by atoms with Gasteiger partial charge in [-0.05, 0) is 24.1 Å². The lowest BCUT2D eigenvalue weighted by Gasteiger charge is -2.29. The Labute approximate surface area is 170 Å². The molecule has 1 amide bonds. The fourth-order valence-corrected chi connectivity index (χ4v) is 3.39. The smallest absolute Gasteiger partial charge is 0.390 e. The molecule has 10 nitrogen and oxygen atoms in total. The standard InChI is InChI=1S/C18H16ClN7O3/c1-24-16-15(13(8-20)22-24)21-10-25(17(16)27)9-14-23-26(18(28)29-14)7-6-11-2-4-12(19)5-3-11/h2-5,10,15-16H,6-7,9H2,1H3. The largest absolute Gasteiger partial charge is 0.437 e. The van der Waals surface area contributed by atoms with E-state index in [9.17, 15) is 9.59 Å². The van der Waals surface area contributed by atoms with Crippen LogP contribution in [0.5, 0.6) is 0 Å². The van der Waals surface area contributed by atoms with Crippen LogP contribution in [0.15, 0.2) is 43.6 Å². The minimum atomic E-state index is -0.687. The van der Waals surface area contributed by atoms with Crippen molar-refractivity contribution >= 4 is 29.6 Å². The molecule has 11 heteroatoms. The highest BCUT2D eigenvalue weighted by Gasteiger charge is 2.45. The molecule has 4 rings (SSSR count). The minimum Gasteiger partial charge on any atom is -0.390 e. The van der Waals surface area contributed by atoms with Gasteiger partial charge in [-0.15, -0.1) is 5.10 Å². The molecule has 29 heavy (non-hydrogen) atoms. The summed E-state index contributed by atoms with van der Waals surface area (Å²) in [5, 5.41) is 19.4. The summed E-state index contributed by atoms with van der Waals surface area (Å²) in [4.78, 5) is 30.4. The van der Waals surface area contributed by atoms with Gasteiger partial charge < -0.3 is 4.42 Å². The zero-order valence-corrected chi connectivity index (χ0v) is 16.2. The van der Waals surface area contributed by atoms with E-state index in [1.54, 1.807) is 19.2 Å². The number of nitriles is 1. The third-order valence-electron chi connectivity index (χ3n) is 4.74. The van der Waals surface area contributed by atoms with Gasteiger partial charge in [0, 0.05) is 12.1 Å². The minimum absolute atomic E-state index is 0.0372. The number of benzene rings is 1. The Hall–Kier alpha value is -3.45. The molecule has 3 heterocycles. The van der Waals surface area contributed by atoms with Crippen molar-refractivity contribution in [1.82, 2.24) is 19.7 Å². The maximum atomic E-state index is 12.8. The maximum Gasteiger partial charge on any atom is 0.437 e. The van der Waals surface area contributed by atoms with Gasteiger partial charge >= 0.3 is 5.76 Å². The molecule has 0 saturated carbocycles. The molecule has 0 aliphatic carbocycles. The highest BCUT2D eigenvalue weighted by atomic mass is 35.5. The number of rotatable bonds is 5. The number of halogens is 1. The lowest BCUT2D eigenvalue weighted by molar-refractivity contribution is -0.133. The van der Waals surface area contributed by atoms with E-state index in [4.69, 9.17) is 21.3 Å². The SMILES string of the molecule is CN1N=C(C#N)C2N=CN(Cc3nn(CCc4ccc(Cl)cc4)c(=O)o3)C(=O)C21. The average molecular weight is 414 g/mol.